The highest BCUT2D eigenvalue weighted by atomic mass is 24.3. The lowest BCUT2D eigenvalue weighted by molar-refractivity contribution is 0.0684. The molecule has 0 amide bonds. The van der Waals surface area contributed by atoms with Crippen molar-refractivity contribution in [3.63, 3.8) is 0 Å². The van der Waals surface area contributed by atoms with Crippen LogP contribution in [0.3, 0.4) is 0 Å². The second kappa shape index (κ2) is 4.52. The Balaban J connectivity index is 0.00000144. The van der Waals surface area contributed by atoms with E-state index in [1.165, 1.54) is 7.05 Å². The topological polar surface area (TPSA) is 55.1 Å². The van der Waals surface area contributed by atoms with Crippen LogP contribution in [-0.4, -0.2) is 43.9 Å². The summed E-state index contributed by atoms with van der Waals surface area (Å²) in [5, 5.41) is 11.8. The summed E-state index contributed by atoms with van der Waals surface area (Å²) in [6.07, 6.45) is -1.80. The van der Waals surface area contributed by atoms with E-state index in [-0.39, 0.29) is 23.1 Å². The van der Waals surface area contributed by atoms with Gasteiger partial charge in [-0.1, -0.05) is 0 Å². The summed E-state index contributed by atoms with van der Waals surface area (Å²) < 4.78 is 25.2. The highest BCUT2D eigenvalue weighted by molar-refractivity contribution is 5.88. The van der Waals surface area contributed by atoms with Crippen LogP contribution in [-0.2, 0) is 7.05 Å². The Morgan fingerprint density at radius 1 is 1.69 bits per heavy atom. The molecular weight excluding hydrogens is 194 g/mol. The zero-order chi connectivity index (χ0) is 9.30. The number of rotatable bonds is 2. The standard InChI is InChI=1S/C6H6F2N2O2.Mg/c1-10-2-3(6(11)12)4(9-10)5(7)8;/h2,5H,1H3,(H,11,12);. The normalized spacial score (nSPS) is 9.85. The van der Waals surface area contributed by atoms with Crippen molar-refractivity contribution in [3.8, 4) is 0 Å². The number of hydrogen-bond donors (Lipinski definition) is 1. The van der Waals surface area contributed by atoms with Crippen LogP contribution < -0.4 is 0 Å². The smallest absolute Gasteiger partial charge is 0.339 e. The molecule has 0 aliphatic rings. The van der Waals surface area contributed by atoms with E-state index in [2.05, 4.69) is 5.10 Å². The Labute approximate surface area is 88.7 Å². The van der Waals surface area contributed by atoms with E-state index < -0.39 is 23.7 Å². The molecule has 0 atom stereocenters. The summed E-state index contributed by atoms with van der Waals surface area (Å²) in [6, 6.07) is 0. The van der Waals surface area contributed by atoms with Crippen LogP contribution >= 0.6 is 0 Å². The number of carboxylic acid groups (broad SMARTS) is 1. The summed E-state index contributed by atoms with van der Waals surface area (Å²) in [5.41, 5.74) is -1.14. The number of halogens is 2. The van der Waals surface area contributed by atoms with Gasteiger partial charge in [0.25, 0.3) is 6.43 Å². The van der Waals surface area contributed by atoms with E-state index >= 15 is 0 Å². The lowest BCUT2D eigenvalue weighted by Gasteiger charge is -1.93. The zero-order valence-corrected chi connectivity index (χ0v) is 8.28. The summed E-state index contributed by atoms with van der Waals surface area (Å²) in [7, 11) is 1.39. The van der Waals surface area contributed by atoms with Crippen molar-refractivity contribution in [1.82, 2.24) is 9.78 Å². The lowest BCUT2D eigenvalue weighted by Crippen LogP contribution is -1.99. The molecule has 0 unspecified atom stereocenters. The van der Waals surface area contributed by atoms with Crippen LogP contribution in [0.25, 0.3) is 0 Å². The van der Waals surface area contributed by atoms with Gasteiger partial charge in [-0.25, -0.2) is 13.6 Å². The van der Waals surface area contributed by atoms with Gasteiger partial charge in [0.1, 0.15) is 11.3 Å². The van der Waals surface area contributed by atoms with Crippen molar-refractivity contribution in [2.45, 2.75) is 6.43 Å². The average Bonchev–Trinajstić information content (AvgIpc) is 2.31. The van der Waals surface area contributed by atoms with Crippen LogP contribution in [0, 0.1) is 0 Å². The maximum Gasteiger partial charge on any atom is 0.339 e. The summed E-state index contributed by atoms with van der Waals surface area (Å²) >= 11 is 0. The molecule has 0 bridgehead atoms. The fraction of sp³-hybridized carbons (Fsp3) is 0.333. The molecule has 68 valence electrons. The SMILES string of the molecule is Cn1cc(C(=O)O)c(C(F)F)n1.[Mg]. The number of carboxylic acids is 1. The zero-order valence-electron chi connectivity index (χ0n) is 6.87. The van der Waals surface area contributed by atoms with Gasteiger partial charge in [-0.3, -0.25) is 4.68 Å². The second-order valence-corrected chi connectivity index (χ2v) is 2.21. The number of aryl methyl sites for hydroxylation is 1. The Morgan fingerprint density at radius 2 is 2.23 bits per heavy atom. The molecule has 0 saturated heterocycles. The van der Waals surface area contributed by atoms with E-state index in [0.29, 0.717) is 0 Å². The molecule has 0 saturated carbocycles. The second-order valence-electron chi connectivity index (χ2n) is 2.21. The van der Waals surface area contributed by atoms with Gasteiger partial charge in [-0.15, -0.1) is 0 Å². The molecule has 0 aliphatic heterocycles. The minimum atomic E-state index is -2.85. The fourth-order valence-corrected chi connectivity index (χ4v) is 0.832. The Kier molecular flexibility index (Phi) is 4.28. The molecule has 1 aromatic heterocycles. The van der Waals surface area contributed by atoms with Crippen molar-refractivity contribution in [2.75, 3.05) is 0 Å². The maximum atomic E-state index is 12.1. The van der Waals surface area contributed by atoms with E-state index in [0.717, 1.165) is 10.9 Å². The van der Waals surface area contributed by atoms with Crippen LogP contribution in [0.2, 0.25) is 0 Å². The molecule has 1 heterocycles. The minimum Gasteiger partial charge on any atom is -0.478 e. The van der Waals surface area contributed by atoms with Crippen molar-refractivity contribution in [1.29, 1.82) is 0 Å². The molecule has 0 fully saturated rings. The molecule has 0 aromatic carbocycles. The molecule has 0 spiro atoms. The molecule has 1 aromatic rings. The molecule has 2 radical (unpaired) electrons. The van der Waals surface area contributed by atoms with E-state index in [1.54, 1.807) is 0 Å². The molecule has 7 heteroatoms. The maximum absolute atomic E-state index is 12.1. The number of aromatic nitrogens is 2. The highest BCUT2D eigenvalue weighted by Crippen LogP contribution is 2.20. The van der Waals surface area contributed by atoms with E-state index in [4.69, 9.17) is 5.11 Å². The fourth-order valence-electron chi connectivity index (χ4n) is 0.832. The monoisotopic (exact) mass is 200 g/mol. The van der Waals surface area contributed by atoms with Gasteiger partial charge in [0.2, 0.25) is 0 Å². The van der Waals surface area contributed by atoms with Gasteiger partial charge in [0.15, 0.2) is 0 Å². The van der Waals surface area contributed by atoms with Crippen LogP contribution in [0.15, 0.2) is 6.20 Å². The Hall–Kier alpha value is -0.694. The molecule has 0 aliphatic carbocycles. The molecule has 1 rings (SSSR count). The molecule has 1 N–H and O–H groups in total. The van der Waals surface area contributed by atoms with Gasteiger partial charge in [0.05, 0.1) is 0 Å². The number of carbonyl (C=O) groups is 1. The van der Waals surface area contributed by atoms with Crippen molar-refractivity contribution >= 4 is 29.0 Å². The largest absolute Gasteiger partial charge is 0.478 e. The summed E-state index contributed by atoms with van der Waals surface area (Å²) in [4.78, 5) is 10.4. The van der Waals surface area contributed by atoms with Crippen molar-refractivity contribution < 1.29 is 18.7 Å². The number of alkyl halides is 2. The number of nitrogens with zero attached hydrogens (tertiary/aromatic N) is 2. The predicted molar refractivity (Wildman–Crippen MR) is 40.9 cm³/mol. The predicted octanol–water partition coefficient (Wildman–Crippen LogP) is 0.675. The first-order valence-corrected chi connectivity index (χ1v) is 3.07. The first-order chi connectivity index (χ1) is 5.52. The Morgan fingerprint density at radius 3 is 2.54 bits per heavy atom. The third-order valence-corrected chi connectivity index (χ3v) is 1.29. The lowest BCUT2D eigenvalue weighted by atomic mass is 10.2. The summed E-state index contributed by atoms with van der Waals surface area (Å²) in [5.74, 6) is -1.39. The van der Waals surface area contributed by atoms with Gasteiger partial charge in [-0.2, -0.15) is 5.10 Å². The number of aromatic carboxylic acids is 1. The first kappa shape index (κ1) is 12.3. The van der Waals surface area contributed by atoms with Crippen molar-refractivity contribution in [3.05, 3.63) is 17.5 Å². The van der Waals surface area contributed by atoms with Gasteiger partial charge < -0.3 is 5.11 Å². The first-order valence-electron chi connectivity index (χ1n) is 3.07. The van der Waals surface area contributed by atoms with E-state index in [9.17, 15) is 13.6 Å². The van der Waals surface area contributed by atoms with Gasteiger partial charge >= 0.3 is 5.97 Å². The number of hydrogen-bond acceptors (Lipinski definition) is 2. The Bertz CT molecular complexity index is 314. The molecule has 4 nitrogen and oxygen atoms in total. The molecule has 13 heavy (non-hydrogen) atoms. The van der Waals surface area contributed by atoms with Crippen LogP contribution in [0.5, 0.6) is 0 Å². The quantitative estimate of drug-likeness (QED) is 0.714. The minimum absolute atomic E-state index is 0. The van der Waals surface area contributed by atoms with Crippen LogP contribution in [0.4, 0.5) is 8.78 Å². The van der Waals surface area contributed by atoms with E-state index in [1.807, 2.05) is 0 Å². The van der Waals surface area contributed by atoms with Crippen LogP contribution in [0.1, 0.15) is 22.5 Å². The highest BCUT2D eigenvalue weighted by Gasteiger charge is 2.21. The summed E-state index contributed by atoms with van der Waals surface area (Å²) in [6.45, 7) is 0. The third kappa shape index (κ3) is 2.63. The van der Waals surface area contributed by atoms with Crippen molar-refractivity contribution in [2.24, 2.45) is 7.05 Å². The molecular formula is C6H6F2MgN2O2. The van der Waals surface area contributed by atoms with Gasteiger partial charge in [-0.05, 0) is 0 Å². The van der Waals surface area contributed by atoms with Gasteiger partial charge in [0, 0.05) is 36.3 Å². The third-order valence-electron chi connectivity index (χ3n) is 1.29. The average molecular weight is 200 g/mol.